The summed E-state index contributed by atoms with van der Waals surface area (Å²) < 4.78 is 5.00. The van der Waals surface area contributed by atoms with Crippen molar-refractivity contribution in [3.05, 3.63) is 44.6 Å². The highest BCUT2D eigenvalue weighted by molar-refractivity contribution is 6.33. The van der Waals surface area contributed by atoms with Gasteiger partial charge in [0.15, 0.2) is 0 Å². The maximum atomic E-state index is 10.4. The minimum atomic E-state index is -0.462. The zero-order chi connectivity index (χ0) is 11.4. The number of hydrogen-bond acceptors (Lipinski definition) is 3. The molecule has 15 heavy (non-hydrogen) atoms. The van der Waals surface area contributed by atoms with Gasteiger partial charge in [-0.05, 0) is 6.07 Å². The third kappa shape index (κ3) is 2.70. The topological polar surface area (TPSA) is 52.4 Å². The predicted octanol–water partition coefficient (Wildman–Crippen LogP) is 2.99. The Morgan fingerprint density at radius 1 is 1.60 bits per heavy atom. The van der Waals surface area contributed by atoms with Crippen molar-refractivity contribution >= 4 is 17.7 Å². The second-order valence-electron chi connectivity index (χ2n) is 2.91. The van der Waals surface area contributed by atoms with E-state index in [1.54, 1.807) is 18.2 Å². The number of ether oxygens (including phenoxy) is 1. The van der Waals surface area contributed by atoms with Crippen LogP contribution in [0.15, 0.2) is 23.9 Å². The lowest BCUT2D eigenvalue weighted by molar-refractivity contribution is -0.422. The maximum Gasteiger partial charge on any atom is 0.243 e. The van der Waals surface area contributed by atoms with Crippen molar-refractivity contribution in [1.29, 1.82) is 0 Å². The van der Waals surface area contributed by atoms with E-state index in [4.69, 9.17) is 16.3 Å². The van der Waals surface area contributed by atoms with Crippen LogP contribution in [-0.4, -0.2) is 12.0 Å². The van der Waals surface area contributed by atoms with Crippen LogP contribution in [-0.2, 0) is 0 Å². The van der Waals surface area contributed by atoms with Gasteiger partial charge in [0, 0.05) is 18.6 Å². The molecule has 0 N–H and O–H groups in total. The zero-order valence-electron chi connectivity index (χ0n) is 8.36. The number of benzene rings is 1. The predicted molar refractivity (Wildman–Crippen MR) is 58.6 cm³/mol. The molecule has 0 aromatic heterocycles. The van der Waals surface area contributed by atoms with Crippen LogP contribution in [0.2, 0.25) is 5.02 Å². The number of halogens is 1. The van der Waals surface area contributed by atoms with Crippen LogP contribution >= 0.6 is 11.6 Å². The summed E-state index contributed by atoms with van der Waals surface area (Å²) in [5.41, 5.74) is 0.607. The first-order valence-electron chi connectivity index (χ1n) is 4.21. The fourth-order valence-corrected chi connectivity index (χ4v) is 1.33. The molecule has 1 rings (SSSR count). The summed E-state index contributed by atoms with van der Waals surface area (Å²) in [6.45, 7) is 1.41. The highest BCUT2D eigenvalue weighted by Crippen LogP contribution is 2.29. The zero-order valence-corrected chi connectivity index (χ0v) is 9.12. The largest absolute Gasteiger partial charge is 0.495 e. The molecule has 0 amide bonds. The summed E-state index contributed by atoms with van der Waals surface area (Å²) in [7, 11) is 1.50. The van der Waals surface area contributed by atoms with Gasteiger partial charge in [0.25, 0.3) is 0 Å². The van der Waals surface area contributed by atoms with Gasteiger partial charge < -0.3 is 4.74 Å². The molecule has 80 valence electrons. The quantitative estimate of drug-likeness (QED) is 0.589. The highest BCUT2D eigenvalue weighted by atomic mass is 35.5. The monoisotopic (exact) mass is 227 g/mol. The van der Waals surface area contributed by atoms with Crippen molar-refractivity contribution in [3.8, 4) is 5.75 Å². The van der Waals surface area contributed by atoms with Crippen molar-refractivity contribution in [2.45, 2.75) is 6.92 Å². The SMILES string of the molecule is COc1cccc(C=C(C)[N+](=O)[O-])c1Cl. The number of nitro groups is 1. The minimum absolute atomic E-state index is 0.0325. The number of rotatable bonds is 3. The molecule has 0 spiro atoms. The minimum Gasteiger partial charge on any atom is -0.495 e. The summed E-state index contributed by atoms with van der Waals surface area (Å²) in [6.07, 6.45) is 1.41. The molecule has 0 aliphatic heterocycles. The van der Waals surface area contributed by atoms with Crippen molar-refractivity contribution in [1.82, 2.24) is 0 Å². The van der Waals surface area contributed by atoms with Crippen LogP contribution in [0, 0.1) is 10.1 Å². The van der Waals surface area contributed by atoms with E-state index in [0.29, 0.717) is 16.3 Å². The molecular weight excluding hydrogens is 218 g/mol. The van der Waals surface area contributed by atoms with Gasteiger partial charge in [-0.1, -0.05) is 23.7 Å². The van der Waals surface area contributed by atoms with Gasteiger partial charge in [-0.3, -0.25) is 10.1 Å². The van der Waals surface area contributed by atoms with Crippen LogP contribution in [0.3, 0.4) is 0 Å². The highest BCUT2D eigenvalue weighted by Gasteiger charge is 2.08. The Kier molecular flexibility index (Phi) is 3.68. The van der Waals surface area contributed by atoms with E-state index in [-0.39, 0.29) is 5.70 Å². The molecule has 0 bridgehead atoms. The van der Waals surface area contributed by atoms with E-state index >= 15 is 0 Å². The Hall–Kier alpha value is -1.55. The molecule has 0 heterocycles. The lowest BCUT2D eigenvalue weighted by Gasteiger charge is -2.04. The first-order valence-corrected chi connectivity index (χ1v) is 4.59. The van der Waals surface area contributed by atoms with E-state index in [1.165, 1.54) is 20.1 Å². The van der Waals surface area contributed by atoms with Crippen LogP contribution in [0.1, 0.15) is 12.5 Å². The molecule has 0 atom stereocenters. The molecule has 1 aromatic carbocycles. The van der Waals surface area contributed by atoms with Gasteiger partial charge in [-0.2, -0.15) is 0 Å². The van der Waals surface area contributed by atoms with E-state index in [0.717, 1.165) is 0 Å². The van der Waals surface area contributed by atoms with Gasteiger partial charge >= 0.3 is 0 Å². The Labute approximate surface area is 92.3 Å². The lowest BCUT2D eigenvalue weighted by atomic mass is 10.2. The Balaban J connectivity index is 3.16. The first kappa shape index (κ1) is 11.5. The standard InChI is InChI=1S/C10H10ClNO3/c1-7(12(13)14)6-8-4-3-5-9(15-2)10(8)11/h3-6H,1-2H3. The molecule has 5 heteroatoms. The van der Waals surface area contributed by atoms with Gasteiger partial charge in [-0.25, -0.2) is 0 Å². The molecule has 0 fully saturated rings. The number of methoxy groups -OCH3 is 1. The lowest BCUT2D eigenvalue weighted by Crippen LogP contribution is -1.93. The number of nitrogens with zero attached hydrogens (tertiary/aromatic N) is 1. The smallest absolute Gasteiger partial charge is 0.243 e. The maximum absolute atomic E-state index is 10.4. The molecule has 1 aromatic rings. The van der Waals surface area contributed by atoms with Crippen LogP contribution in [0.5, 0.6) is 5.75 Å². The van der Waals surface area contributed by atoms with Gasteiger partial charge in [0.2, 0.25) is 5.70 Å². The second kappa shape index (κ2) is 4.79. The third-order valence-corrected chi connectivity index (χ3v) is 2.27. The Morgan fingerprint density at radius 2 is 2.27 bits per heavy atom. The van der Waals surface area contributed by atoms with Crippen molar-refractivity contribution < 1.29 is 9.66 Å². The second-order valence-corrected chi connectivity index (χ2v) is 3.28. The summed E-state index contributed by atoms with van der Waals surface area (Å²) in [5, 5.41) is 10.8. The van der Waals surface area contributed by atoms with Crippen molar-refractivity contribution in [2.24, 2.45) is 0 Å². The number of hydrogen-bond donors (Lipinski definition) is 0. The van der Waals surface area contributed by atoms with E-state index < -0.39 is 4.92 Å². The molecule has 0 saturated heterocycles. The van der Waals surface area contributed by atoms with E-state index in [9.17, 15) is 10.1 Å². The molecule has 0 radical (unpaired) electrons. The third-order valence-electron chi connectivity index (χ3n) is 1.87. The van der Waals surface area contributed by atoms with Gasteiger partial charge in [-0.15, -0.1) is 0 Å². The average molecular weight is 228 g/mol. The fraction of sp³-hybridized carbons (Fsp3) is 0.200. The van der Waals surface area contributed by atoms with Gasteiger partial charge in [0.1, 0.15) is 5.75 Å². The molecular formula is C10H10ClNO3. The molecule has 0 unspecified atom stereocenters. The van der Waals surface area contributed by atoms with E-state index in [1.807, 2.05) is 0 Å². The van der Waals surface area contributed by atoms with Crippen molar-refractivity contribution in [2.75, 3.05) is 7.11 Å². The summed E-state index contributed by atoms with van der Waals surface area (Å²) in [5.74, 6) is 0.501. The Bertz CT molecular complexity index is 415. The van der Waals surface area contributed by atoms with Crippen LogP contribution in [0.4, 0.5) is 0 Å². The summed E-state index contributed by atoms with van der Waals surface area (Å²) in [4.78, 5) is 9.97. The summed E-state index contributed by atoms with van der Waals surface area (Å²) >= 11 is 5.97. The van der Waals surface area contributed by atoms with Crippen LogP contribution in [0.25, 0.3) is 6.08 Å². The van der Waals surface area contributed by atoms with E-state index in [2.05, 4.69) is 0 Å². The Morgan fingerprint density at radius 3 is 2.80 bits per heavy atom. The normalized spacial score (nSPS) is 11.3. The number of allylic oxidation sites excluding steroid dienone is 1. The van der Waals surface area contributed by atoms with Crippen molar-refractivity contribution in [3.63, 3.8) is 0 Å². The first-order chi connectivity index (χ1) is 7.06. The average Bonchev–Trinajstić information content (AvgIpc) is 2.21. The molecule has 4 nitrogen and oxygen atoms in total. The molecule has 0 aliphatic rings. The molecule has 0 saturated carbocycles. The fourth-order valence-electron chi connectivity index (χ4n) is 1.07. The summed E-state index contributed by atoms with van der Waals surface area (Å²) in [6, 6.07) is 5.11. The molecule has 0 aliphatic carbocycles. The van der Waals surface area contributed by atoms with Gasteiger partial charge in [0.05, 0.1) is 17.1 Å². The van der Waals surface area contributed by atoms with Crippen LogP contribution < -0.4 is 4.74 Å².